The average molecular weight is 362 g/mol. The first-order valence-corrected chi connectivity index (χ1v) is 8.12. The number of amides is 1. The molecule has 0 saturated heterocycles. The smallest absolute Gasteiger partial charge is 0.337 e. The first-order valence-electron chi connectivity index (χ1n) is 7.74. The summed E-state index contributed by atoms with van der Waals surface area (Å²) in [7, 11) is 1.31. The lowest BCUT2D eigenvalue weighted by atomic mass is 10.1. The molecule has 25 heavy (non-hydrogen) atoms. The zero-order valence-electron chi connectivity index (χ0n) is 14.6. The van der Waals surface area contributed by atoms with Gasteiger partial charge in [-0.05, 0) is 56.2 Å². The number of rotatable bonds is 5. The van der Waals surface area contributed by atoms with Crippen molar-refractivity contribution in [3.63, 3.8) is 0 Å². The topological polar surface area (TPSA) is 64.6 Å². The average Bonchev–Trinajstić information content (AvgIpc) is 2.59. The molecule has 0 fully saturated rings. The molecule has 0 aliphatic carbocycles. The highest BCUT2D eigenvalue weighted by atomic mass is 35.5. The summed E-state index contributed by atoms with van der Waals surface area (Å²) in [4.78, 5) is 24.1. The molecule has 1 N–H and O–H groups in total. The molecule has 5 nitrogen and oxygen atoms in total. The summed E-state index contributed by atoms with van der Waals surface area (Å²) in [5.41, 5.74) is 2.69. The normalized spacial score (nSPS) is 11.6. The monoisotopic (exact) mass is 361 g/mol. The lowest BCUT2D eigenvalue weighted by molar-refractivity contribution is -0.122. The second kappa shape index (κ2) is 8.03. The van der Waals surface area contributed by atoms with Gasteiger partial charge in [-0.25, -0.2) is 4.79 Å². The number of benzene rings is 2. The van der Waals surface area contributed by atoms with Crippen molar-refractivity contribution in [2.45, 2.75) is 26.9 Å². The highest BCUT2D eigenvalue weighted by Crippen LogP contribution is 2.26. The molecule has 0 radical (unpaired) electrons. The van der Waals surface area contributed by atoms with E-state index in [1.807, 2.05) is 19.9 Å². The molecule has 2 rings (SSSR count). The summed E-state index contributed by atoms with van der Waals surface area (Å²) in [5, 5.41) is 3.21. The van der Waals surface area contributed by atoms with Crippen molar-refractivity contribution >= 4 is 29.2 Å². The summed E-state index contributed by atoms with van der Waals surface area (Å²) in [6.45, 7) is 5.38. The van der Waals surface area contributed by atoms with E-state index in [9.17, 15) is 9.59 Å². The molecular formula is C19H20ClNO4. The van der Waals surface area contributed by atoms with E-state index in [0.717, 1.165) is 11.1 Å². The molecule has 132 valence electrons. The molecular weight excluding hydrogens is 342 g/mol. The van der Waals surface area contributed by atoms with Crippen LogP contribution in [0.3, 0.4) is 0 Å². The van der Waals surface area contributed by atoms with Gasteiger partial charge in [-0.3, -0.25) is 4.79 Å². The first-order chi connectivity index (χ1) is 11.8. The molecule has 0 spiro atoms. The number of hydrogen-bond donors (Lipinski definition) is 1. The Balaban J connectivity index is 2.13. The highest BCUT2D eigenvalue weighted by molar-refractivity contribution is 6.32. The summed E-state index contributed by atoms with van der Waals surface area (Å²) in [5.74, 6) is -0.363. The quantitative estimate of drug-likeness (QED) is 0.812. The summed E-state index contributed by atoms with van der Waals surface area (Å²) >= 11 is 6.09. The Morgan fingerprint density at radius 1 is 1.12 bits per heavy atom. The summed E-state index contributed by atoms with van der Waals surface area (Å²) in [6, 6.07) is 10.3. The van der Waals surface area contributed by atoms with Crippen LogP contribution >= 0.6 is 11.6 Å². The van der Waals surface area contributed by atoms with E-state index in [-0.39, 0.29) is 5.91 Å². The van der Waals surface area contributed by atoms with Crippen molar-refractivity contribution in [3.05, 3.63) is 58.1 Å². The van der Waals surface area contributed by atoms with Gasteiger partial charge < -0.3 is 14.8 Å². The van der Waals surface area contributed by atoms with Crippen molar-refractivity contribution in [2.75, 3.05) is 12.4 Å². The fourth-order valence-corrected chi connectivity index (χ4v) is 2.34. The molecule has 1 amide bonds. The van der Waals surface area contributed by atoms with Gasteiger partial charge in [-0.1, -0.05) is 23.7 Å². The maximum absolute atomic E-state index is 12.4. The molecule has 1 atom stereocenters. The van der Waals surface area contributed by atoms with Gasteiger partial charge in [0.2, 0.25) is 0 Å². The van der Waals surface area contributed by atoms with Gasteiger partial charge >= 0.3 is 5.97 Å². The summed E-state index contributed by atoms with van der Waals surface area (Å²) in [6.07, 6.45) is -0.763. The van der Waals surface area contributed by atoms with Gasteiger partial charge in [-0.2, -0.15) is 0 Å². The number of aryl methyl sites for hydroxylation is 2. The van der Waals surface area contributed by atoms with Crippen molar-refractivity contribution in [2.24, 2.45) is 0 Å². The van der Waals surface area contributed by atoms with Crippen molar-refractivity contribution in [1.29, 1.82) is 0 Å². The van der Waals surface area contributed by atoms with Crippen molar-refractivity contribution in [1.82, 2.24) is 0 Å². The zero-order chi connectivity index (χ0) is 18.6. The molecule has 0 saturated carbocycles. The molecule has 6 heteroatoms. The van der Waals surface area contributed by atoms with Gasteiger partial charge in [0.15, 0.2) is 6.10 Å². The molecule has 1 unspecified atom stereocenters. The lowest BCUT2D eigenvalue weighted by Crippen LogP contribution is -2.30. The predicted molar refractivity (Wildman–Crippen MR) is 97.4 cm³/mol. The van der Waals surface area contributed by atoms with E-state index < -0.39 is 12.1 Å². The Morgan fingerprint density at radius 3 is 2.52 bits per heavy atom. The minimum absolute atomic E-state index is 0.345. The van der Waals surface area contributed by atoms with Crippen LogP contribution in [0.4, 0.5) is 5.69 Å². The van der Waals surface area contributed by atoms with Gasteiger partial charge in [-0.15, -0.1) is 0 Å². The Labute approximate surface area is 151 Å². The minimum Gasteiger partial charge on any atom is -0.479 e. The number of halogens is 1. The van der Waals surface area contributed by atoms with Crippen molar-refractivity contribution < 1.29 is 19.1 Å². The Bertz CT molecular complexity index is 804. The maximum atomic E-state index is 12.4. The van der Waals surface area contributed by atoms with Crippen LogP contribution in [0.15, 0.2) is 36.4 Å². The van der Waals surface area contributed by atoms with Crippen LogP contribution in [0.25, 0.3) is 0 Å². The van der Waals surface area contributed by atoms with Crippen LogP contribution < -0.4 is 10.1 Å². The maximum Gasteiger partial charge on any atom is 0.337 e. The highest BCUT2D eigenvalue weighted by Gasteiger charge is 2.18. The molecule has 0 bridgehead atoms. The van der Waals surface area contributed by atoms with Crippen LogP contribution in [0.2, 0.25) is 5.02 Å². The molecule has 2 aromatic carbocycles. The number of carbonyl (C=O) groups excluding carboxylic acids is 2. The Morgan fingerprint density at radius 2 is 1.84 bits per heavy atom. The van der Waals surface area contributed by atoms with E-state index in [2.05, 4.69) is 5.32 Å². The molecule has 0 aliphatic heterocycles. The van der Waals surface area contributed by atoms with Gasteiger partial charge in [0.1, 0.15) is 5.75 Å². The fraction of sp³-hybridized carbons (Fsp3) is 0.263. The third-order valence-electron chi connectivity index (χ3n) is 3.68. The van der Waals surface area contributed by atoms with E-state index in [4.69, 9.17) is 21.1 Å². The van der Waals surface area contributed by atoms with Crippen LogP contribution in [0.1, 0.15) is 28.4 Å². The SMILES string of the molecule is COC(=O)c1ccc(C)c(NC(=O)C(C)Oc2cc(C)ccc2Cl)c1. The minimum atomic E-state index is -0.763. The molecule has 0 heterocycles. The largest absolute Gasteiger partial charge is 0.479 e. The second-order valence-electron chi connectivity index (χ2n) is 5.70. The number of nitrogens with one attached hydrogen (secondary N) is 1. The van der Waals surface area contributed by atoms with Crippen LogP contribution in [-0.4, -0.2) is 25.1 Å². The predicted octanol–water partition coefficient (Wildman–Crippen LogP) is 4.15. The Kier molecular flexibility index (Phi) is 6.04. The molecule has 0 aliphatic rings. The fourth-order valence-electron chi connectivity index (χ4n) is 2.18. The number of anilines is 1. The van der Waals surface area contributed by atoms with Gasteiger partial charge in [0.05, 0.1) is 17.7 Å². The zero-order valence-corrected chi connectivity index (χ0v) is 15.3. The second-order valence-corrected chi connectivity index (χ2v) is 6.11. The number of methoxy groups -OCH3 is 1. The van der Waals surface area contributed by atoms with Gasteiger partial charge in [0.25, 0.3) is 5.91 Å². The van der Waals surface area contributed by atoms with Crippen LogP contribution in [-0.2, 0) is 9.53 Å². The van der Waals surface area contributed by atoms with Crippen LogP contribution in [0.5, 0.6) is 5.75 Å². The molecule has 0 aromatic heterocycles. The lowest BCUT2D eigenvalue weighted by Gasteiger charge is -2.17. The van der Waals surface area contributed by atoms with E-state index in [1.54, 1.807) is 37.3 Å². The third-order valence-corrected chi connectivity index (χ3v) is 3.99. The van der Waals surface area contributed by atoms with Gasteiger partial charge in [0, 0.05) is 5.69 Å². The number of ether oxygens (including phenoxy) is 2. The third kappa shape index (κ3) is 4.73. The Hall–Kier alpha value is -2.53. The van der Waals surface area contributed by atoms with E-state index in [0.29, 0.717) is 22.0 Å². The van der Waals surface area contributed by atoms with Crippen molar-refractivity contribution in [3.8, 4) is 5.75 Å². The molecule has 2 aromatic rings. The van der Waals surface area contributed by atoms with E-state index in [1.165, 1.54) is 7.11 Å². The number of esters is 1. The number of carbonyl (C=O) groups is 2. The van der Waals surface area contributed by atoms with E-state index >= 15 is 0 Å². The summed E-state index contributed by atoms with van der Waals surface area (Å²) < 4.78 is 10.4. The van der Waals surface area contributed by atoms with Crippen LogP contribution in [0, 0.1) is 13.8 Å². The first kappa shape index (κ1) is 18.8. The number of hydrogen-bond acceptors (Lipinski definition) is 4. The standard InChI is InChI=1S/C19H20ClNO4/c1-11-5-8-15(20)17(9-11)25-13(3)18(22)21-16-10-14(19(23)24-4)7-6-12(16)2/h5-10,13H,1-4H3,(H,21,22).